The van der Waals surface area contributed by atoms with E-state index in [4.69, 9.17) is 4.74 Å². The van der Waals surface area contributed by atoms with Crippen molar-refractivity contribution >= 4 is 23.6 Å². The van der Waals surface area contributed by atoms with Crippen molar-refractivity contribution in [3.8, 4) is 5.75 Å². The number of carbonyl (C=O) groups excluding carboxylic acids is 2. The van der Waals surface area contributed by atoms with Gasteiger partial charge in [-0.3, -0.25) is 20.4 Å². The van der Waals surface area contributed by atoms with E-state index in [0.29, 0.717) is 11.3 Å². The first-order valence-corrected chi connectivity index (χ1v) is 9.72. The van der Waals surface area contributed by atoms with Gasteiger partial charge in [-0.05, 0) is 61.9 Å². The van der Waals surface area contributed by atoms with Gasteiger partial charge >= 0.3 is 0 Å². The summed E-state index contributed by atoms with van der Waals surface area (Å²) in [6.07, 6.45) is 1.29. The van der Waals surface area contributed by atoms with Crippen LogP contribution in [-0.2, 0) is 10.5 Å². The van der Waals surface area contributed by atoms with Crippen LogP contribution in [0.4, 0.5) is 0 Å². The van der Waals surface area contributed by atoms with Crippen molar-refractivity contribution in [1.82, 2.24) is 10.9 Å². The largest absolute Gasteiger partial charge is 0.481 e. The molecule has 0 spiro atoms. The molecule has 0 aromatic heterocycles. The molecule has 2 amide bonds. The number of nitrogens with one attached hydrogen (secondary N) is 2. The molecule has 0 aliphatic carbocycles. The van der Waals surface area contributed by atoms with Crippen LogP contribution < -0.4 is 15.6 Å². The van der Waals surface area contributed by atoms with E-state index in [1.165, 1.54) is 0 Å². The van der Waals surface area contributed by atoms with Crippen molar-refractivity contribution in [1.29, 1.82) is 0 Å². The molecule has 0 heterocycles. The Morgan fingerprint density at radius 2 is 1.77 bits per heavy atom. The number of aryl methyl sites for hydroxylation is 1. The standard InChI is InChI=1S/C20H24N2O3S/c1-13-6-5-7-18(14(13)2)25-15(3)19(23)21-22-20(24)17-10-8-16(9-11-17)12-26-4/h5-11,15H,12H2,1-4H3,(H,21,23)(H,22,24)/t15-/m0/s1. The van der Waals surface area contributed by atoms with Crippen LogP contribution >= 0.6 is 11.8 Å². The number of benzene rings is 2. The average molecular weight is 372 g/mol. The second kappa shape index (κ2) is 9.29. The SMILES string of the molecule is CSCc1ccc(C(=O)NNC(=O)[C@H](C)Oc2cccc(C)c2C)cc1. The van der Waals surface area contributed by atoms with Gasteiger partial charge in [0, 0.05) is 11.3 Å². The van der Waals surface area contributed by atoms with E-state index in [0.717, 1.165) is 22.4 Å². The van der Waals surface area contributed by atoms with Gasteiger partial charge in [-0.2, -0.15) is 11.8 Å². The van der Waals surface area contributed by atoms with E-state index in [2.05, 4.69) is 10.9 Å². The zero-order valence-corrected chi connectivity index (χ0v) is 16.3. The van der Waals surface area contributed by atoms with E-state index in [9.17, 15) is 9.59 Å². The van der Waals surface area contributed by atoms with Gasteiger partial charge in [-0.15, -0.1) is 0 Å². The highest BCUT2D eigenvalue weighted by Crippen LogP contribution is 2.21. The highest BCUT2D eigenvalue weighted by molar-refractivity contribution is 7.97. The molecular formula is C20H24N2O3S. The van der Waals surface area contributed by atoms with E-state index in [1.54, 1.807) is 30.8 Å². The Kier molecular flexibility index (Phi) is 7.09. The van der Waals surface area contributed by atoms with Crippen LogP contribution in [0.15, 0.2) is 42.5 Å². The molecule has 2 aromatic carbocycles. The third-order valence-corrected chi connectivity index (χ3v) is 4.68. The average Bonchev–Trinajstić information content (AvgIpc) is 2.64. The topological polar surface area (TPSA) is 67.4 Å². The number of hydrazine groups is 1. The first-order chi connectivity index (χ1) is 12.4. The number of amides is 2. The lowest BCUT2D eigenvalue weighted by Gasteiger charge is -2.17. The fourth-order valence-corrected chi connectivity index (χ4v) is 2.83. The normalized spacial score (nSPS) is 11.5. The molecule has 6 heteroatoms. The smallest absolute Gasteiger partial charge is 0.279 e. The molecule has 26 heavy (non-hydrogen) atoms. The van der Waals surface area contributed by atoms with Crippen LogP contribution in [0.1, 0.15) is 34.0 Å². The van der Waals surface area contributed by atoms with Gasteiger partial charge in [0.15, 0.2) is 6.10 Å². The van der Waals surface area contributed by atoms with Crippen LogP contribution in [0, 0.1) is 13.8 Å². The molecule has 0 saturated carbocycles. The monoisotopic (exact) mass is 372 g/mol. The number of carbonyl (C=O) groups is 2. The summed E-state index contributed by atoms with van der Waals surface area (Å²) in [6.45, 7) is 5.57. The molecule has 0 radical (unpaired) electrons. The molecule has 2 N–H and O–H groups in total. The van der Waals surface area contributed by atoms with E-state index >= 15 is 0 Å². The third kappa shape index (κ3) is 5.26. The summed E-state index contributed by atoms with van der Waals surface area (Å²) in [6, 6.07) is 13.0. The van der Waals surface area contributed by atoms with Crippen LogP contribution in [0.25, 0.3) is 0 Å². The number of hydrogen-bond acceptors (Lipinski definition) is 4. The minimum absolute atomic E-state index is 0.368. The van der Waals surface area contributed by atoms with Crippen molar-refractivity contribution < 1.29 is 14.3 Å². The maximum atomic E-state index is 12.2. The van der Waals surface area contributed by atoms with Crippen LogP contribution in [-0.4, -0.2) is 24.2 Å². The summed E-state index contributed by atoms with van der Waals surface area (Å²) in [4.78, 5) is 24.3. The molecule has 1 atom stereocenters. The summed E-state index contributed by atoms with van der Waals surface area (Å²) in [5.74, 6) is 0.765. The van der Waals surface area contributed by atoms with Gasteiger partial charge in [0.1, 0.15) is 5.75 Å². The zero-order valence-electron chi connectivity index (χ0n) is 15.5. The van der Waals surface area contributed by atoms with E-state index < -0.39 is 12.0 Å². The zero-order chi connectivity index (χ0) is 19.1. The third-order valence-electron chi connectivity index (χ3n) is 4.05. The molecule has 0 unspecified atom stereocenters. The van der Waals surface area contributed by atoms with Crippen LogP contribution in [0.3, 0.4) is 0 Å². The molecular weight excluding hydrogens is 348 g/mol. The molecule has 0 fully saturated rings. The number of rotatable bonds is 6. The van der Waals surface area contributed by atoms with Crippen molar-refractivity contribution in [2.45, 2.75) is 32.6 Å². The molecule has 2 aromatic rings. The Bertz CT molecular complexity index is 775. The minimum Gasteiger partial charge on any atom is -0.481 e. The predicted octanol–water partition coefficient (Wildman–Crippen LogP) is 3.39. The Labute approximate surface area is 158 Å². The summed E-state index contributed by atoms with van der Waals surface area (Å²) < 4.78 is 5.70. The summed E-state index contributed by atoms with van der Waals surface area (Å²) >= 11 is 1.72. The van der Waals surface area contributed by atoms with Crippen LogP contribution in [0.2, 0.25) is 0 Å². The lowest BCUT2D eigenvalue weighted by molar-refractivity contribution is -0.128. The fourth-order valence-electron chi connectivity index (χ4n) is 2.31. The molecule has 0 saturated heterocycles. The maximum Gasteiger partial charge on any atom is 0.279 e. The quantitative estimate of drug-likeness (QED) is 0.763. The van der Waals surface area contributed by atoms with Crippen LogP contribution in [0.5, 0.6) is 5.75 Å². The Hall–Kier alpha value is -2.47. The van der Waals surface area contributed by atoms with Crippen molar-refractivity contribution in [2.75, 3.05) is 6.26 Å². The van der Waals surface area contributed by atoms with Gasteiger partial charge in [0.25, 0.3) is 11.8 Å². The Morgan fingerprint density at radius 1 is 1.08 bits per heavy atom. The van der Waals surface area contributed by atoms with Gasteiger partial charge < -0.3 is 4.74 Å². The fraction of sp³-hybridized carbons (Fsp3) is 0.300. The number of thioether (sulfide) groups is 1. The van der Waals surface area contributed by atoms with Gasteiger partial charge in [0.2, 0.25) is 0 Å². The lowest BCUT2D eigenvalue weighted by atomic mass is 10.1. The van der Waals surface area contributed by atoms with Crippen molar-refractivity contribution in [3.63, 3.8) is 0 Å². The van der Waals surface area contributed by atoms with E-state index in [-0.39, 0.29) is 5.91 Å². The summed E-state index contributed by atoms with van der Waals surface area (Å²) in [5.41, 5.74) is 8.54. The van der Waals surface area contributed by atoms with Gasteiger partial charge in [0.05, 0.1) is 0 Å². The van der Waals surface area contributed by atoms with Crippen molar-refractivity contribution in [3.05, 3.63) is 64.7 Å². The number of ether oxygens (including phenoxy) is 1. The van der Waals surface area contributed by atoms with Crippen molar-refractivity contribution in [2.24, 2.45) is 0 Å². The first-order valence-electron chi connectivity index (χ1n) is 8.33. The summed E-state index contributed by atoms with van der Waals surface area (Å²) in [7, 11) is 0. The maximum absolute atomic E-state index is 12.2. The molecule has 5 nitrogen and oxygen atoms in total. The van der Waals surface area contributed by atoms with Gasteiger partial charge in [-0.25, -0.2) is 0 Å². The molecule has 0 aliphatic heterocycles. The highest BCUT2D eigenvalue weighted by Gasteiger charge is 2.17. The molecule has 0 bridgehead atoms. The summed E-state index contributed by atoms with van der Waals surface area (Å²) in [5, 5.41) is 0. The second-order valence-corrected chi connectivity index (χ2v) is 6.90. The predicted molar refractivity (Wildman–Crippen MR) is 105 cm³/mol. The number of hydrogen-bond donors (Lipinski definition) is 2. The molecule has 138 valence electrons. The van der Waals surface area contributed by atoms with E-state index in [1.807, 2.05) is 50.4 Å². The first kappa shape index (κ1) is 19.8. The molecule has 2 rings (SSSR count). The minimum atomic E-state index is -0.736. The second-order valence-electron chi connectivity index (χ2n) is 6.03. The Morgan fingerprint density at radius 3 is 2.42 bits per heavy atom. The highest BCUT2D eigenvalue weighted by atomic mass is 32.2. The molecule has 0 aliphatic rings. The van der Waals surface area contributed by atoms with Gasteiger partial charge in [-0.1, -0.05) is 24.3 Å². The lowest BCUT2D eigenvalue weighted by Crippen LogP contribution is -2.47. The Balaban J connectivity index is 1.88.